The van der Waals surface area contributed by atoms with Crippen molar-refractivity contribution in [2.24, 2.45) is 28.4 Å². The van der Waals surface area contributed by atoms with Gasteiger partial charge >= 0.3 is 0 Å². The largest absolute Gasteiger partial charge is 0.324 e. The molecule has 4 aliphatic rings. The van der Waals surface area contributed by atoms with Crippen LogP contribution in [0, 0.1) is 22.7 Å². The minimum atomic E-state index is 0.201. The maximum absolute atomic E-state index is 6.26. The third-order valence-corrected chi connectivity index (χ3v) is 8.16. The highest BCUT2D eigenvalue weighted by atomic mass is 14.7. The predicted octanol–water partition coefficient (Wildman–Crippen LogP) is 5.29. The minimum Gasteiger partial charge on any atom is -0.324 e. The third-order valence-electron chi connectivity index (χ3n) is 8.16. The number of nitrogens with zero attached hydrogens (tertiary/aromatic N) is 1. The van der Waals surface area contributed by atoms with Crippen molar-refractivity contribution in [3.63, 3.8) is 0 Å². The number of hydrogen-bond acceptors (Lipinski definition) is 2. The molecule has 0 amide bonds. The highest BCUT2D eigenvalue weighted by Gasteiger charge is 2.54. The number of fused-ring (bicyclic) bond motifs is 5. The van der Waals surface area contributed by atoms with Crippen LogP contribution in [0.15, 0.2) is 53.9 Å². The van der Waals surface area contributed by atoms with E-state index in [0.29, 0.717) is 5.41 Å². The van der Waals surface area contributed by atoms with E-state index >= 15 is 0 Å². The molecule has 0 spiro atoms. The Morgan fingerprint density at radius 3 is 2.81 bits per heavy atom. The highest BCUT2D eigenvalue weighted by molar-refractivity contribution is 5.78. The first-order chi connectivity index (χ1) is 12.5. The third kappa shape index (κ3) is 2.18. The van der Waals surface area contributed by atoms with Gasteiger partial charge in [-0.15, -0.1) is 0 Å². The summed E-state index contributed by atoms with van der Waals surface area (Å²) < 4.78 is 0. The molecule has 2 fully saturated rings. The Balaban J connectivity index is 1.49. The Morgan fingerprint density at radius 2 is 2.00 bits per heavy atom. The van der Waals surface area contributed by atoms with Crippen LogP contribution in [0.3, 0.4) is 0 Å². The molecule has 0 bridgehead atoms. The summed E-state index contributed by atoms with van der Waals surface area (Å²) in [6.07, 6.45) is 18.7. The molecule has 2 heteroatoms. The van der Waals surface area contributed by atoms with Crippen LogP contribution in [0.25, 0.3) is 5.57 Å². The number of nitrogens with two attached hydrogens (primary N) is 1. The van der Waals surface area contributed by atoms with Crippen molar-refractivity contribution in [3.05, 3.63) is 59.5 Å². The fraction of sp³-hybridized carbons (Fsp3) is 0.542. The van der Waals surface area contributed by atoms with Crippen molar-refractivity contribution in [1.82, 2.24) is 4.98 Å². The molecule has 1 heterocycles. The van der Waals surface area contributed by atoms with Crippen LogP contribution in [0.4, 0.5) is 0 Å². The van der Waals surface area contributed by atoms with Gasteiger partial charge < -0.3 is 5.73 Å². The Labute approximate surface area is 157 Å². The van der Waals surface area contributed by atoms with Crippen LogP contribution in [-0.4, -0.2) is 11.0 Å². The van der Waals surface area contributed by atoms with E-state index in [4.69, 9.17) is 5.73 Å². The number of allylic oxidation sites excluding steroid dienone is 5. The molecule has 2 saturated carbocycles. The molecule has 2 N–H and O–H groups in total. The van der Waals surface area contributed by atoms with Gasteiger partial charge in [-0.2, -0.15) is 0 Å². The Kier molecular flexibility index (Phi) is 3.59. The zero-order valence-electron chi connectivity index (χ0n) is 16.0. The summed E-state index contributed by atoms with van der Waals surface area (Å²) in [5.74, 6) is 1.52. The molecule has 26 heavy (non-hydrogen) atoms. The van der Waals surface area contributed by atoms with Crippen molar-refractivity contribution < 1.29 is 0 Å². The van der Waals surface area contributed by atoms with Crippen molar-refractivity contribution in [2.75, 3.05) is 0 Å². The van der Waals surface area contributed by atoms with Crippen LogP contribution in [-0.2, 0) is 0 Å². The van der Waals surface area contributed by atoms with E-state index in [1.807, 2.05) is 12.4 Å². The highest BCUT2D eigenvalue weighted by Crippen LogP contribution is 2.65. The predicted molar refractivity (Wildman–Crippen MR) is 107 cm³/mol. The summed E-state index contributed by atoms with van der Waals surface area (Å²) >= 11 is 0. The number of pyridine rings is 1. The SMILES string of the molecule is C[C@]12CC[C@H]3[C@@H](CCC4=CC(N)CC[C@@]43C)C1=CC=C2c1cccnc1. The molecule has 5 atom stereocenters. The molecule has 136 valence electrons. The van der Waals surface area contributed by atoms with Gasteiger partial charge in [0.25, 0.3) is 0 Å². The Hall–Kier alpha value is -1.67. The second-order valence-corrected chi connectivity index (χ2v) is 9.38. The lowest BCUT2D eigenvalue weighted by Crippen LogP contribution is -2.47. The summed E-state index contributed by atoms with van der Waals surface area (Å²) in [6, 6.07) is 4.57. The van der Waals surface area contributed by atoms with Gasteiger partial charge in [0.05, 0.1) is 0 Å². The maximum atomic E-state index is 6.26. The standard InChI is InChI=1S/C24H30N2/c1-23-11-9-18(25)14-17(23)5-6-19-21-8-7-20(16-4-3-13-26-15-16)24(21,2)12-10-22(19)23/h3-4,7-8,13-15,18-19,22H,5-6,9-12,25H2,1-2H3/t18?,19-,22-,23-,24+/m0/s1. The van der Waals surface area contributed by atoms with Gasteiger partial charge in [0, 0.05) is 23.9 Å². The molecule has 5 rings (SSSR count). The topological polar surface area (TPSA) is 38.9 Å². The molecule has 2 nitrogen and oxygen atoms in total. The van der Waals surface area contributed by atoms with Gasteiger partial charge in [-0.1, -0.05) is 49.3 Å². The molecule has 0 aromatic carbocycles. The molecule has 1 unspecified atom stereocenters. The molecule has 0 aliphatic heterocycles. The number of hydrogen-bond donors (Lipinski definition) is 1. The van der Waals surface area contributed by atoms with E-state index < -0.39 is 0 Å². The van der Waals surface area contributed by atoms with Crippen LogP contribution < -0.4 is 5.73 Å². The van der Waals surface area contributed by atoms with E-state index in [0.717, 1.165) is 18.3 Å². The van der Waals surface area contributed by atoms with Crippen LogP contribution in [0.2, 0.25) is 0 Å². The second kappa shape index (κ2) is 5.66. The summed E-state index contributed by atoms with van der Waals surface area (Å²) in [6.45, 7) is 5.01. The maximum Gasteiger partial charge on any atom is 0.0343 e. The van der Waals surface area contributed by atoms with Gasteiger partial charge in [-0.3, -0.25) is 4.98 Å². The first-order valence-corrected chi connectivity index (χ1v) is 10.3. The van der Waals surface area contributed by atoms with Crippen molar-refractivity contribution in [1.29, 1.82) is 0 Å². The number of rotatable bonds is 1. The molecule has 0 saturated heterocycles. The zero-order chi connectivity index (χ0) is 17.9. The minimum absolute atomic E-state index is 0.201. The molecular weight excluding hydrogens is 316 g/mol. The number of aromatic nitrogens is 1. The first kappa shape index (κ1) is 16.5. The summed E-state index contributed by atoms with van der Waals surface area (Å²) in [4.78, 5) is 4.37. The van der Waals surface area contributed by atoms with Gasteiger partial charge in [0.1, 0.15) is 0 Å². The van der Waals surface area contributed by atoms with Gasteiger partial charge in [0.15, 0.2) is 0 Å². The zero-order valence-corrected chi connectivity index (χ0v) is 16.0. The molecular formula is C24H30N2. The van der Waals surface area contributed by atoms with E-state index in [1.54, 1.807) is 11.1 Å². The van der Waals surface area contributed by atoms with E-state index in [-0.39, 0.29) is 11.5 Å². The van der Waals surface area contributed by atoms with Gasteiger partial charge in [-0.05, 0) is 73.0 Å². The van der Waals surface area contributed by atoms with Crippen LogP contribution in [0.1, 0.15) is 57.9 Å². The van der Waals surface area contributed by atoms with E-state index in [2.05, 4.69) is 49.2 Å². The van der Waals surface area contributed by atoms with E-state index in [9.17, 15) is 0 Å². The smallest absolute Gasteiger partial charge is 0.0343 e. The Bertz CT molecular complexity index is 818. The van der Waals surface area contributed by atoms with Gasteiger partial charge in [-0.25, -0.2) is 0 Å². The van der Waals surface area contributed by atoms with Crippen molar-refractivity contribution >= 4 is 5.57 Å². The normalized spacial score (nSPS) is 41.3. The average Bonchev–Trinajstić information content (AvgIpc) is 3.00. The summed E-state index contributed by atoms with van der Waals surface area (Å²) in [5, 5.41) is 0. The lowest BCUT2D eigenvalue weighted by atomic mass is 9.48. The Morgan fingerprint density at radius 1 is 1.12 bits per heavy atom. The summed E-state index contributed by atoms with van der Waals surface area (Å²) in [5.41, 5.74) is 13.0. The molecule has 1 aromatic rings. The molecule has 1 aromatic heterocycles. The van der Waals surface area contributed by atoms with E-state index in [1.165, 1.54) is 43.2 Å². The molecule has 0 radical (unpaired) electrons. The van der Waals surface area contributed by atoms with Crippen molar-refractivity contribution in [2.45, 2.75) is 58.4 Å². The van der Waals surface area contributed by atoms with Crippen molar-refractivity contribution in [3.8, 4) is 0 Å². The fourth-order valence-electron chi connectivity index (χ4n) is 6.69. The quantitative estimate of drug-likeness (QED) is 0.702. The lowest BCUT2D eigenvalue weighted by Gasteiger charge is -2.56. The lowest BCUT2D eigenvalue weighted by molar-refractivity contribution is 0.0641. The monoisotopic (exact) mass is 346 g/mol. The summed E-state index contributed by atoms with van der Waals surface area (Å²) in [7, 11) is 0. The van der Waals surface area contributed by atoms with Gasteiger partial charge in [0.2, 0.25) is 0 Å². The fourth-order valence-corrected chi connectivity index (χ4v) is 6.69. The van der Waals surface area contributed by atoms with Crippen LogP contribution >= 0.6 is 0 Å². The average molecular weight is 347 g/mol. The van der Waals surface area contributed by atoms with Crippen LogP contribution in [0.5, 0.6) is 0 Å². The molecule has 4 aliphatic carbocycles. The second-order valence-electron chi connectivity index (χ2n) is 9.38. The first-order valence-electron chi connectivity index (χ1n) is 10.3.